The fourth-order valence-corrected chi connectivity index (χ4v) is 1.17. The number of carbonyl (C=O) groups excluding carboxylic acids is 2. The lowest BCUT2D eigenvalue weighted by atomic mass is 10.2. The van der Waals surface area contributed by atoms with Gasteiger partial charge in [-0.2, -0.15) is 0 Å². The molecule has 0 saturated heterocycles. The van der Waals surface area contributed by atoms with Gasteiger partial charge < -0.3 is 20.1 Å². The summed E-state index contributed by atoms with van der Waals surface area (Å²) in [7, 11) is 2.73. The lowest BCUT2D eigenvalue weighted by Crippen LogP contribution is -2.49. The van der Waals surface area contributed by atoms with Crippen molar-refractivity contribution in [2.75, 3.05) is 14.2 Å². The van der Waals surface area contributed by atoms with Crippen LogP contribution in [0.4, 0.5) is 4.79 Å². The van der Waals surface area contributed by atoms with Crippen molar-refractivity contribution in [1.82, 2.24) is 10.2 Å². The van der Waals surface area contributed by atoms with Crippen molar-refractivity contribution in [3.8, 4) is 0 Å². The molecule has 0 saturated carbocycles. The summed E-state index contributed by atoms with van der Waals surface area (Å²) in [6.45, 7) is 3.76. The van der Waals surface area contributed by atoms with E-state index < -0.39 is 30.4 Å². The molecule has 2 amide bonds. The number of carbonyl (C=O) groups is 3. The fourth-order valence-electron chi connectivity index (χ4n) is 1.17. The van der Waals surface area contributed by atoms with Crippen molar-refractivity contribution in [2.24, 2.45) is 0 Å². The van der Waals surface area contributed by atoms with E-state index in [-0.39, 0.29) is 6.04 Å². The maximum Gasteiger partial charge on any atom is 0.326 e. The number of hydrogen-bond acceptors (Lipinski definition) is 4. The number of aliphatic carboxylic acids is 1. The highest BCUT2D eigenvalue weighted by molar-refractivity contribution is 5.86. The summed E-state index contributed by atoms with van der Waals surface area (Å²) in [6, 6.07) is -1.82. The molecule has 1 unspecified atom stereocenters. The van der Waals surface area contributed by atoms with E-state index in [1.54, 1.807) is 7.05 Å². The number of carboxylic acid groups (broad SMARTS) is 1. The van der Waals surface area contributed by atoms with Gasteiger partial charge >= 0.3 is 18.0 Å². The molecule has 0 aromatic rings. The summed E-state index contributed by atoms with van der Waals surface area (Å²) < 4.78 is 4.37. The molecule has 0 aromatic carbocycles. The van der Waals surface area contributed by atoms with Crippen molar-refractivity contribution >= 4 is 18.0 Å². The molecule has 0 aliphatic rings. The number of nitrogens with one attached hydrogen (secondary N) is 1. The van der Waals surface area contributed by atoms with Gasteiger partial charge in [-0.25, -0.2) is 9.59 Å². The Bertz CT molecular complexity index is 319. The highest BCUT2D eigenvalue weighted by atomic mass is 16.5. The Balaban J connectivity index is 4.54. The minimum Gasteiger partial charge on any atom is -0.480 e. The Labute approximate surface area is 106 Å². The van der Waals surface area contributed by atoms with Gasteiger partial charge in [-0.1, -0.05) is 6.92 Å². The molecular weight excluding hydrogens is 240 g/mol. The van der Waals surface area contributed by atoms with Crippen LogP contribution >= 0.6 is 0 Å². The minimum absolute atomic E-state index is 0.0161. The smallest absolute Gasteiger partial charge is 0.326 e. The van der Waals surface area contributed by atoms with Crippen LogP contribution < -0.4 is 5.32 Å². The lowest BCUT2D eigenvalue weighted by molar-refractivity contribution is -0.147. The topological polar surface area (TPSA) is 95.9 Å². The molecular formula is C11H20N2O5. The summed E-state index contributed by atoms with van der Waals surface area (Å²) in [5.41, 5.74) is 0. The number of ether oxygens (including phenoxy) is 1. The van der Waals surface area contributed by atoms with Crippen molar-refractivity contribution < 1.29 is 24.2 Å². The Kier molecular flexibility index (Phi) is 6.77. The van der Waals surface area contributed by atoms with Crippen LogP contribution in [0.5, 0.6) is 0 Å². The minimum atomic E-state index is -1.28. The van der Waals surface area contributed by atoms with E-state index in [9.17, 15) is 14.4 Å². The summed E-state index contributed by atoms with van der Waals surface area (Å²) in [4.78, 5) is 35.0. The van der Waals surface area contributed by atoms with Crippen LogP contribution in [0.15, 0.2) is 0 Å². The third kappa shape index (κ3) is 5.03. The van der Waals surface area contributed by atoms with Gasteiger partial charge in [0.25, 0.3) is 0 Å². The molecule has 0 fully saturated rings. The number of nitrogens with zero attached hydrogens (tertiary/aromatic N) is 1. The summed E-state index contributed by atoms with van der Waals surface area (Å²) in [5, 5.41) is 11.2. The zero-order chi connectivity index (χ0) is 14.3. The van der Waals surface area contributed by atoms with E-state index in [0.717, 1.165) is 13.5 Å². The van der Waals surface area contributed by atoms with Crippen LogP contribution in [0.2, 0.25) is 0 Å². The van der Waals surface area contributed by atoms with Crippen LogP contribution in [-0.2, 0) is 14.3 Å². The molecule has 104 valence electrons. The average molecular weight is 260 g/mol. The number of amides is 2. The summed E-state index contributed by atoms with van der Waals surface area (Å²) >= 11 is 0. The second-order valence-corrected chi connectivity index (χ2v) is 3.99. The van der Waals surface area contributed by atoms with Crippen LogP contribution in [0.3, 0.4) is 0 Å². The zero-order valence-corrected chi connectivity index (χ0v) is 11.1. The standard InChI is InChI=1S/C11H20N2O5/c1-5-7(2)13(3)11(17)12-8(10(15)16)6-9(14)18-4/h7-8H,5-6H2,1-4H3,(H,12,17)(H,15,16)/t7?,8-/m0/s1. The van der Waals surface area contributed by atoms with Gasteiger partial charge in [0.2, 0.25) is 0 Å². The van der Waals surface area contributed by atoms with E-state index in [2.05, 4.69) is 10.1 Å². The molecule has 2 atom stereocenters. The van der Waals surface area contributed by atoms with E-state index in [1.807, 2.05) is 13.8 Å². The third-order valence-electron chi connectivity index (χ3n) is 2.77. The largest absolute Gasteiger partial charge is 0.480 e. The van der Waals surface area contributed by atoms with Gasteiger partial charge in [0.1, 0.15) is 6.04 Å². The Morgan fingerprint density at radius 3 is 2.33 bits per heavy atom. The van der Waals surface area contributed by atoms with E-state index in [4.69, 9.17) is 5.11 Å². The van der Waals surface area contributed by atoms with Crippen molar-refractivity contribution in [2.45, 2.75) is 38.8 Å². The van der Waals surface area contributed by atoms with E-state index in [1.165, 1.54) is 4.90 Å². The predicted molar refractivity (Wildman–Crippen MR) is 64.1 cm³/mol. The molecule has 0 aliphatic carbocycles. The van der Waals surface area contributed by atoms with Gasteiger partial charge in [-0.05, 0) is 13.3 Å². The van der Waals surface area contributed by atoms with Crippen molar-refractivity contribution in [3.05, 3.63) is 0 Å². The van der Waals surface area contributed by atoms with Crippen LogP contribution in [0, 0.1) is 0 Å². The zero-order valence-electron chi connectivity index (χ0n) is 11.1. The lowest BCUT2D eigenvalue weighted by Gasteiger charge is -2.25. The molecule has 2 N–H and O–H groups in total. The molecule has 0 radical (unpaired) electrons. The van der Waals surface area contributed by atoms with Gasteiger partial charge in [0, 0.05) is 13.1 Å². The molecule has 18 heavy (non-hydrogen) atoms. The normalized spacial score (nSPS) is 13.3. The SMILES string of the molecule is CCC(C)N(C)C(=O)N[C@@H](CC(=O)OC)C(=O)O. The highest BCUT2D eigenvalue weighted by Crippen LogP contribution is 2.02. The van der Waals surface area contributed by atoms with E-state index >= 15 is 0 Å². The molecule has 0 aromatic heterocycles. The highest BCUT2D eigenvalue weighted by Gasteiger charge is 2.26. The Morgan fingerprint density at radius 1 is 1.39 bits per heavy atom. The molecule has 0 aliphatic heterocycles. The second-order valence-electron chi connectivity index (χ2n) is 3.99. The van der Waals surface area contributed by atoms with Crippen molar-refractivity contribution in [3.63, 3.8) is 0 Å². The van der Waals surface area contributed by atoms with Gasteiger partial charge in [-0.15, -0.1) is 0 Å². The van der Waals surface area contributed by atoms with Crippen LogP contribution in [-0.4, -0.2) is 54.2 Å². The van der Waals surface area contributed by atoms with E-state index in [0.29, 0.717) is 0 Å². The molecule has 7 nitrogen and oxygen atoms in total. The first-order valence-corrected chi connectivity index (χ1v) is 5.66. The van der Waals surface area contributed by atoms with Crippen LogP contribution in [0.25, 0.3) is 0 Å². The van der Waals surface area contributed by atoms with Crippen LogP contribution in [0.1, 0.15) is 26.7 Å². The molecule has 0 heterocycles. The first kappa shape index (κ1) is 16.2. The Morgan fingerprint density at radius 2 is 1.94 bits per heavy atom. The third-order valence-corrected chi connectivity index (χ3v) is 2.77. The molecule has 0 rings (SSSR count). The number of methoxy groups -OCH3 is 1. The first-order valence-electron chi connectivity index (χ1n) is 5.66. The maximum atomic E-state index is 11.7. The monoisotopic (exact) mass is 260 g/mol. The van der Waals surface area contributed by atoms with Crippen molar-refractivity contribution in [1.29, 1.82) is 0 Å². The molecule has 7 heteroatoms. The second kappa shape index (κ2) is 7.52. The average Bonchev–Trinajstić information content (AvgIpc) is 2.35. The number of carboxylic acids is 1. The predicted octanol–water partition coefficient (Wildman–Crippen LogP) is 0.443. The summed E-state index contributed by atoms with van der Waals surface area (Å²) in [5.74, 6) is -1.96. The summed E-state index contributed by atoms with van der Waals surface area (Å²) in [6.07, 6.45) is 0.352. The van der Waals surface area contributed by atoms with Gasteiger partial charge in [-0.3, -0.25) is 4.79 Å². The fraction of sp³-hybridized carbons (Fsp3) is 0.727. The number of esters is 1. The number of rotatable bonds is 6. The van der Waals surface area contributed by atoms with Gasteiger partial charge in [0.15, 0.2) is 0 Å². The number of hydrogen-bond donors (Lipinski definition) is 2. The molecule has 0 bridgehead atoms. The maximum absolute atomic E-state index is 11.7. The van der Waals surface area contributed by atoms with Gasteiger partial charge in [0.05, 0.1) is 13.5 Å². The number of urea groups is 1. The quantitative estimate of drug-likeness (QED) is 0.676. The molecule has 0 spiro atoms. The Hall–Kier alpha value is -1.79. The first-order chi connectivity index (χ1) is 8.33.